The van der Waals surface area contributed by atoms with Crippen molar-refractivity contribution in [2.45, 2.75) is 77.5 Å². The van der Waals surface area contributed by atoms with E-state index < -0.39 is 0 Å². The van der Waals surface area contributed by atoms with Gasteiger partial charge in [0.25, 0.3) is 0 Å². The number of carbonyl (C=O) groups is 4. The number of rotatable bonds is 0. The Hall–Kier alpha value is -2.12. The fourth-order valence-electron chi connectivity index (χ4n) is 2.65. The van der Waals surface area contributed by atoms with Crippen molar-refractivity contribution >= 4 is 23.6 Å². The van der Waals surface area contributed by atoms with Gasteiger partial charge in [0.15, 0.2) is 0 Å². The van der Waals surface area contributed by atoms with Crippen molar-refractivity contribution in [2.24, 2.45) is 0 Å². The maximum absolute atomic E-state index is 11.9. The first-order chi connectivity index (χ1) is 11.2. The van der Waals surface area contributed by atoms with Gasteiger partial charge in [0.2, 0.25) is 23.6 Å². The van der Waals surface area contributed by atoms with Crippen LogP contribution >= 0.6 is 0 Å². The molecule has 1 fully saturated rings. The van der Waals surface area contributed by atoms with E-state index in [2.05, 4.69) is 21.3 Å². The van der Waals surface area contributed by atoms with Crippen LogP contribution in [0.5, 0.6) is 0 Å². The molecule has 1 heterocycles. The number of hydrogen-bond donors (Lipinski definition) is 4. The van der Waals surface area contributed by atoms with Gasteiger partial charge in [-0.3, -0.25) is 19.2 Å². The first kappa shape index (κ1) is 19.9. The smallest absolute Gasteiger partial charge is 0.222 e. The van der Waals surface area contributed by atoms with Crippen molar-refractivity contribution in [1.29, 1.82) is 0 Å². The van der Waals surface area contributed by atoms with Crippen molar-refractivity contribution in [2.75, 3.05) is 0 Å². The van der Waals surface area contributed by atoms with Crippen LogP contribution in [0.2, 0.25) is 0 Å². The SMILES string of the molecule is CC1CC(=O)N[C@H](C)CC(=O)N[C@H](C)CC(=O)N[C@@H](C)CC(=O)N1. The Morgan fingerprint density at radius 1 is 0.500 bits per heavy atom. The van der Waals surface area contributed by atoms with Crippen molar-refractivity contribution in [3.63, 3.8) is 0 Å². The zero-order valence-electron chi connectivity index (χ0n) is 14.8. The summed E-state index contributed by atoms with van der Waals surface area (Å²) in [5.41, 5.74) is 0. The maximum atomic E-state index is 11.9. The highest BCUT2D eigenvalue weighted by molar-refractivity contribution is 5.83. The second-order valence-electron chi connectivity index (χ2n) is 6.69. The van der Waals surface area contributed by atoms with Gasteiger partial charge in [-0.2, -0.15) is 0 Å². The van der Waals surface area contributed by atoms with Crippen molar-refractivity contribution in [3.05, 3.63) is 0 Å². The molecule has 8 nitrogen and oxygen atoms in total. The summed E-state index contributed by atoms with van der Waals surface area (Å²) in [5.74, 6) is -0.872. The number of carbonyl (C=O) groups excluding carboxylic acids is 4. The number of nitrogens with one attached hydrogen (secondary N) is 4. The van der Waals surface area contributed by atoms with Gasteiger partial charge in [0.05, 0.1) is 0 Å². The van der Waals surface area contributed by atoms with Gasteiger partial charge in [0.1, 0.15) is 0 Å². The zero-order valence-corrected chi connectivity index (χ0v) is 14.8. The second kappa shape index (κ2) is 9.24. The van der Waals surface area contributed by atoms with Gasteiger partial charge < -0.3 is 21.3 Å². The molecule has 1 rings (SSSR count). The highest BCUT2D eigenvalue weighted by Crippen LogP contribution is 2.01. The van der Waals surface area contributed by atoms with Crippen LogP contribution in [0, 0.1) is 0 Å². The van der Waals surface area contributed by atoms with Crippen LogP contribution in [0.15, 0.2) is 0 Å². The summed E-state index contributed by atoms with van der Waals surface area (Å²) in [6.07, 6.45) is 0.535. The third-order valence-corrected chi connectivity index (χ3v) is 3.60. The first-order valence-corrected chi connectivity index (χ1v) is 8.33. The Kier molecular flexibility index (Phi) is 7.67. The minimum atomic E-state index is -0.325. The lowest BCUT2D eigenvalue weighted by Gasteiger charge is -2.21. The Balaban J connectivity index is 2.76. The molecular weight excluding hydrogens is 312 g/mol. The molecule has 0 aromatic carbocycles. The molecule has 0 spiro atoms. The maximum Gasteiger partial charge on any atom is 0.222 e. The van der Waals surface area contributed by atoms with E-state index in [1.165, 1.54) is 0 Å². The second-order valence-corrected chi connectivity index (χ2v) is 6.69. The average Bonchev–Trinajstić information content (AvgIpc) is 2.34. The molecule has 24 heavy (non-hydrogen) atoms. The van der Waals surface area contributed by atoms with Crippen LogP contribution in [-0.4, -0.2) is 47.8 Å². The van der Waals surface area contributed by atoms with E-state index in [4.69, 9.17) is 0 Å². The van der Waals surface area contributed by atoms with E-state index in [9.17, 15) is 19.2 Å². The molecule has 8 heteroatoms. The Morgan fingerprint density at radius 2 is 0.667 bits per heavy atom. The quantitative estimate of drug-likeness (QED) is 0.479. The third kappa shape index (κ3) is 7.94. The van der Waals surface area contributed by atoms with Gasteiger partial charge in [-0.25, -0.2) is 0 Å². The van der Waals surface area contributed by atoms with E-state index in [0.717, 1.165) is 0 Å². The van der Waals surface area contributed by atoms with Crippen molar-refractivity contribution < 1.29 is 19.2 Å². The summed E-state index contributed by atoms with van der Waals surface area (Å²) < 4.78 is 0. The summed E-state index contributed by atoms with van der Waals surface area (Å²) in [4.78, 5) is 47.7. The lowest BCUT2D eigenvalue weighted by atomic mass is 10.1. The molecule has 0 bridgehead atoms. The van der Waals surface area contributed by atoms with Crippen LogP contribution < -0.4 is 21.3 Å². The highest BCUT2D eigenvalue weighted by atomic mass is 16.2. The molecule has 0 aromatic rings. The molecule has 0 aliphatic carbocycles. The predicted octanol–water partition coefficient (Wildman–Crippen LogP) is -0.421. The average molecular weight is 340 g/mol. The van der Waals surface area contributed by atoms with E-state index in [-0.39, 0.29) is 73.5 Å². The fourth-order valence-corrected chi connectivity index (χ4v) is 2.65. The summed E-state index contributed by atoms with van der Waals surface area (Å²) in [6.45, 7) is 6.96. The molecule has 4 atom stereocenters. The van der Waals surface area contributed by atoms with Crippen LogP contribution in [-0.2, 0) is 19.2 Å². The van der Waals surface area contributed by atoms with E-state index >= 15 is 0 Å². The van der Waals surface area contributed by atoms with Gasteiger partial charge >= 0.3 is 0 Å². The molecule has 4 amide bonds. The predicted molar refractivity (Wildman–Crippen MR) is 88.9 cm³/mol. The fraction of sp³-hybridized carbons (Fsp3) is 0.750. The van der Waals surface area contributed by atoms with Gasteiger partial charge in [-0.05, 0) is 27.7 Å². The summed E-state index contributed by atoms with van der Waals surface area (Å²) >= 11 is 0. The normalized spacial score (nSPS) is 31.5. The minimum Gasteiger partial charge on any atom is -0.353 e. The largest absolute Gasteiger partial charge is 0.353 e. The summed E-state index contributed by atoms with van der Waals surface area (Å²) in [5, 5.41) is 11.0. The molecule has 0 saturated carbocycles. The molecular formula is C16H28N4O4. The van der Waals surface area contributed by atoms with Gasteiger partial charge in [-0.1, -0.05) is 0 Å². The molecule has 4 N–H and O–H groups in total. The van der Waals surface area contributed by atoms with E-state index in [0.29, 0.717) is 0 Å². The zero-order chi connectivity index (χ0) is 18.3. The molecule has 136 valence electrons. The van der Waals surface area contributed by atoms with E-state index in [1.54, 1.807) is 27.7 Å². The number of amides is 4. The molecule has 0 aromatic heterocycles. The molecule has 1 aliphatic rings. The Morgan fingerprint density at radius 3 is 0.833 bits per heavy atom. The van der Waals surface area contributed by atoms with Crippen LogP contribution in [0.3, 0.4) is 0 Å². The topological polar surface area (TPSA) is 116 Å². The van der Waals surface area contributed by atoms with Crippen LogP contribution in [0.25, 0.3) is 0 Å². The van der Waals surface area contributed by atoms with E-state index in [1.807, 2.05) is 0 Å². The Labute approximate surface area is 142 Å². The van der Waals surface area contributed by atoms with Crippen LogP contribution in [0.4, 0.5) is 0 Å². The minimum absolute atomic E-state index is 0.134. The standard InChI is InChI=1S/C16H28N4O4/c1-9-5-13(21)18-11(3)7-15(23)20-12(4)8-16(24)19-10(2)6-14(22)17-9/h9-12H,5-8H2,1-4H3,(H,17,22)(H,18,21)(H,19,24)(H,20,23)/t9-,10-,11+,12?/m1/s1. The molecule has 1 aliphatic heterocycles. The molecule has 0 radical (unpaired) electrons. The number of hydrogen-bond acceptors (Lipinski definition) is 4. The van der Waals surface area contributed by atoms with Crippen molar-refractivity contribution in [1.82, 2.24) is 21.3 Å². The van der Waals surface area contributed by atoms with Crippen LogP contribution in [0.1, 0.15) is 53.4 Å². The molecule has 1 unspecified atom stereocenters. The first-order valence-electron chi connectivity index (χ1n) is 8.33. The van der Waals surface area contributed by atoms with Gasteiger partial charge in [0, 0.05) is 49.9 Å². The summed E-state index contributed by atoms with van der Waals surface area (Å²) in [6, 6.07) is -1.30. The lowest BCUT2D eigenvalue weighted by Crippen LogP contribution is -2.46. The highest BCUT2D eigenvalue weighted by Gasteiger charge is 2.20. The summed E-state index contributed by atoms with van der Waals surface area (Å²) in [7, 11) is 0. The van der Waals surface area contributed by atoms with Crippen molar-refractivity contribution in [3.8, 4) is 0 Å². The monoisotopic (exact) mass is 340 g/mol. The molecule has 1 saturated heterocycles. The Bertz CT molecular complexity index is 374. The lowest BCUT2D eigenvalue weighted by molar-refractivity contribution is -0.124. The third-order valence-electron chi connectivity index (χ3n) is 3.60. The van der Waals surface area contributed by atoms with Gasteiger partial charge in [-0.15, -0.1) is 0 Å².